The van der Waals surface area contributed by atoms with E-state index in [1.54, 1.807) is 37.4 Å². The van der Waals surface area contributed by atoms with Crippen molar-refractivity contribution < 1.29 is 32.6 Å². The van der Waals surface area contributed by atoms with E-state index in [0.717, 1.165) is 11.5 Å². The third kappa shape index (κ3) is 5.24. The van der Waals surface area contributed by atoms with Crippen LogP contribution in [0.2, 0.25) is 0 Å². The fourth-order valence-electron chi connectivity index (χ4n) is 3.97. The van der Waals surface area contributed by atoms with Gasteiger partial charge >= 0.3 is 13.4 Å². The Morgan fingerprint density at radius 2 is 2.06 bits per heavy atom. The molecule has 6 atom stereocenters. The number of benzene rings is 1. The van der Waals surface area contributed by atoms with Crippen LogP contribution < -0.4 is 21.0 Å². The number of amides is 1. The highest BCUT2D eigenvalue weighted by Crippen LogP contribution is 2.48. The van der Waals surface area contributed by atoms with Gasteiger partial charge in [-0.25, -0.2) is 13.8 Å². The number of rotatable bonds is 8. The van der Waals surface area contributed by atoms with Crippen LogP contribution in [0.4, 0.5) is 10.2 Å². The number of nitrogen functional groups attached to an aromatic ring is 1. The lowest BCUT2D eigenvalue weighted by molar-refractivity contribution is -0.128. The fraction of sp³-hybridized carbons (Fsp3) is 0.476. The van der Waals surface area contributed by atoms with Crippen LogP contribution in [0.25, 0.3) is 0 Å². The van der Waals surface area contributed by atoms with Crippen LogP contribution in [0.1, 0.15) is 19.6 Å². The molecule has 2 aromatic rings. The van der Waals surface area contributed by atoms with E-state index in [4.69, 9.17) is 19.5 Å². The van der Waals surface area contributed by atoms with Crippen LogP contribution in [0.5, 0.6) is 5.75 Å². The molecule has 2 aliphatic heterocycles. The second-order valence-corrected chi connectivity index (χ2v) is 10.3. The third-order valence-electron chi connectivity index (χ3n) is 5.94. The summed E-state index contributed by atoms with van der Waals surface area (Å²) in [7, 11) is -2.57. The number of halogens is 1. The Balaban J connectivity index is 1.53. The number of anilines is 1. The molecule has 2 fully saturated rings. The summed E-state index contributed by atoms with van der Waals surface area (Å²) in [5.41, 5.74) is 2.20. The summed E-state index contributed by atoms with van der Waals surface area (Å²) in [5, 5.41) is 13.2. The van der Waals surface area contributed by atoms with Gasteiger partial charge in [-0.3, -0.25) is 13.9 Å². The van der Waals surface area contributed by atoms with Crippen molar-refractivity contribution in [2.75, 3.05) is 25.9 Å². The molecule has 4 N–H and O–H groups in total. The maximum atomic E-state index is 15.5. The highest BCUT2D eigenvalue weighted by atomic mass is 31.2. The highest BCUT2D eigenvalue weighted by molar-refractivity contribution is 7.52. The molecule has 3 unspecified atom stereocenters. The Hall–Kier alpha value is -2.83. The molecule has 2 aliphatic rings. The average Bonchev–Trinajstić information content (AvgIpc) is 3.23. The number of hydrogen-bond acceptors (Lipinski definition) is 9. The summed E-state index contributed by atoms with van der Waals surface area (Å²) in [4.78, 5) is 29.6. The SMILES string of the molecule is CN1CCC(NP(=O)(OCC2O[C@@H](n3ccc(N)nc3=O)[C@](C)(F)[C@@H]2O)Oc2ccccc2)C1=O. The van der Waals surface area contributed by atoms with Crippen molar-refractivity contribution in [1.82, 2.24) is 19.5 Å². The molecule has 0 bridgehead atoms. The maximum absolute atomic E-state index is 15.5. The van der Waals surface area contributed by atoms with Gasteiger partial charge in [-0.2, -0.15) is 10.1 Å². The molecule has 0 spiro atoms. The number of ether oxygens (including phenoxy) is 1. The van der Waals surface area contributed by atoms with E-state index >= 15 is 4.39 Å². The molecular formula is C21H27FN5O7P. The third-order valence-corrected chi connectivity index (χ3v) is 7.51. The Morgan fingerprint density at radius 1 is 1.34 bits per heavy atom. The fourth-order valence-corrected chi connectivity index (χ4v) is 5.51. The molecule has 14 heteroatoms. The van der Waals surface area contributed by atoms with E-state index in [1.165, 1.54) is 17.2 Å². The van der Waals surface area contributed by atoms with Crippen molar-refractivity contribution >= 4 is 19.5 Å². The number of aromatic nitrogens is 2. The molecule has 4 rings (SSSR count). The number of alkyl halides is 1. The zero-order valence-electron chi connectivity index (χ0n) is 19.1. The molecule has 0 radical (unpaired) electrons. The number of likely N-dealkylation sites (N-methyl/N-ethyl adjacent to an activating group) is 1. The number of aliphatic hydroxyl groups is 1. The number of carbonyl (C=O) groups excluding carboxylic acids is 1. The summed E-state index contributed by atoms with van der Waals surface area (Å²) < 4.78 is 46.7. The normalized spacial score (nSPS) is 30.4. The van der Waals surface area contributed by atoms with Gasteiger partial charge in [0.05, 0.1) is 12.6 Å². The predicted octanol–water partition coefficient (Wildman–Crippen LogP) is 0.836. The zero-order valence-corrected chi connectivity index (χ0v) is 20.0. The number of nitrogens with two attached hydrogens (primary N) is 1. The average molecular weight is 511 g/mol. The van der Waals surface area contributed by atoms with Crippen molar-refractivity contribution in [1.29, 1.82) is 0 Å². The van der Waals surface area contributed by atoms with Gasteiger partial charge in [0.1, 0.15) is 23.8 Å². The zero-order chi connectivity index (χ0) is 25.4. The number of aliphatic hydroxyl groups excluding tert-OH is 1. The molecule has 2 saturated heterocycles. The Kier molecular flexibility index (Phi) is 6.98. The van der Waals surface area contributed by atoms with Crippen molar-refractivity contribution in [2.45, 2.75) is 43.5 Å². The number of nitrogens with one attached hydrogen (secondary N) is 1. The van der Waals surface area contributed by atoms with Crippen LogP contribution >= 0.6 is 7.75 Å². The summed E-state index contributed by atoms with van der Waals surface area (Å²) in [5.74, 6) is -0.126. The molecule has 3 heterocycles. The van der Waals surface area contributed by atoms with Crippen molar-refractivity contribution in [3.63, 3.8) is 0 Å². The number of nitrogens with zero attached hydrogens (tertiary/aromatic N) is 3. The lowest BCUT2D eigenvalue weighted by atomic mass is 9.98. The van der Waals surface area contributed by atoms with Gasteiger partial charge < -0.3 is 25.0 Å². The number of hydrogen-bond donors (Lipinski definition) is 3. The quantitative estimate of drug-likeness (QED) is 0.434. The van der Waals surface area contributed by atoms with Crippen LogP contribution in [0, 0.1) is 0 Å². The molecule has 12 nitrogen and oxygen atoms in total. The van der Waals surface area contributed by atoms with Gasteiger partial charge in [-0.15, -0.1) is 0 Å². The standard InChI is InChI=1S/C21H27FN5O7P/c1-21(22)17(28)15(33-19(21)27-11-9-16(23)24-20(27)30)12-32-35(31,34-13-6-4-3-5-7-13)25-14-8-10-26(2)18(14)29/h3-7,9,11,14-15,17,19,28H,8,10,12H2,1-2H3,(H,25,31)(H2,23,24,30)/t14?,15?,17-,19-,21-,35?/m1/s1. The number of carbonyl (C=O) groups is 1. The minimum absolute atomic E-state index is 0.0533. The van der Waals surface area contributed by atoms with Gasteiger partial charge in [0.2, 0.25) is 5.91 Å². The second-order valence-electron chi connectivity index (χ2n) is 8.59. The summed E-state index contributed by atoms with van der Waals surface area (Å²) in [6, 6.07) is 8.64. The lowest BCUT2D eigenvalue weighted by Gasteiger charge is -2.25. The minimum Gasteiger partial charge on any atom is -0.413 e. The lowest BCUT2D eigenvalue weighted by Crippen LogP contribution is -2.43. The first-order valence-electron chi connectivity index (χ1n) is 10.9. The molecule has 0 aliphatic carbocycles. The topological polar surface area (TPSA) is 158 Å². The predicted molar refractivity (Wildman–Crippen MR) is 122 cm³/mol. The van der Waals surface area contributed by atoms with Crippen LogP contribution in [0.15, 0.2) is 47.4 Å². The van der Waals surface area contributed by atoms with Crippen LogP contribution in [-0.2, 0) is 18.6 Å². The number of likely N-dealkylation sites (tertiary alicyclic amines) is 1. The monoisotopic (exact) mass is 511 g/mol. The van der Waals surface area contributed by atoms with E-state index in [9.17, 15) is 19.3 Å². The van der Waals surface area contributed by atoms with Gasteiger partial charge in [0.15, 0.2) is 11.9 Å². The Labute approximate surface area is 200 Å². The van der Waals surface area contributed by atoms with Crippen molar-refractivity contribution in [3.8, 4) is 5.75 Å². The van der Waals surface area contributed by atoms with E-state index in [-0.39, 0.29) is 17.5 Å². The molecule has 35 heavy (non-hydrogen) atoms. The number of para-hydroxylation sites is 1. The minimum atomic E-state index is -4.19. The first-order valence-corrected chi connectivity index (χ1v) is 12.4. The van der Waals surface area contributed by atoms with E-state index in [0.29, 0.717) is 13.0 Å². The van der Waals surface area contributed by atoms with E-state index in [1.807, 2.05) is 0 Å². The second kappa shape index (κ2) is 9.67. The van der Waals surface area contributed by atoms with Crippen molar-refractivity contribution in [2.24, 2.45) is 0 Å². The van der Waals surface area contributed by atoms with Crippen LogP contribution in [0.3, 0.4) is 0 Å². The molecule has 1 aromatic carbocycles. The highest BCUT2D eigenvalue weighted by Gasteiger charge is 2.56. The molecule has 1 aromatic heterocycles. The molecular weight excluding hydrogens is 484 g/mol. The van der Waals surface area contributed by atoms with E-state index in [2.05, 4.69) is 10.1 Å². The van der Waals surface area contributed by atoms with Gasteiger partial charge in [-0.1, -0.05) is 18.2 Å². The van der Waals surface area contributed by atoms with Gasteiger partial charge in [-0.05, 0) is 31.5 Å². The first-order chi connectivity index (χ1) is 16.5. The Bertz CT molecular complexity index is 1180. The Morgan fingerprint density at radius 3 is 2.69 bits per heavy atom. The van der Waals surface area contributed by atoms with Gasteiger partial charge in [0, 0.05) is 19.8 Å². The molecule has 1 amide bonds. The van der Waals surface area contributed by atoms with Gasteiger partial charge in [0.25, 0.3) is 0 Å². The molecule has 0 saturated carbocycles. The van der Waals surface area contributed by atoms with Crippen LogP contribution in [-0.4, -0.2) is 69.6 Å². The maximum Gasteiger partial charge on any atom is 0.459 e. The smallest absolute Gasteiger partial charge is 0.413 e. The van der Waals surface area contributed by atoms with Crippen molar-refractivity contribution in [3.05, 3.63) is 53.1 Å². The largest absolute Gasteiger partial charge is 0.459 e. The van der Waals surface area contributed by atoms with E-state index < -0.39 is 50.2 Å². The first kappa shape index (κ1) is 25.3. The molecule has 190 valence electrons. The summed E-state index contributed by atoms with van der Waals surface area (Å²) >= 11 is 0. The summed E-state index contributed by atoms with van der Waals surface area (Å²) in [6.45, 7) is 0.956. The summed E-state index contributed by atoms with van der Waals surface area (Å²) in [6.07, 6.45) is -3.03.